The molecule has 1 aliphatic rings. The summed E-state index contributed by atoms with van der Waals surface area (Å²) < 4.78 is 57.7. The number of morpholine rings is 1. The molecule has 2 heterocycles. The van der Waals surface area contributed by atoms with Crippen LogP contribution in [0.3, 0.4) is 0 Å². The summed E-state index contributed by atoms with van der Waals surface area (Å²) >= 11 is 1.02. The fourth-order valence-electron chi connectivity index (χ4n) is 2.79. The van der Waals surface area contributed by atoms with Crippen LogP contribution in [-0.2, 0) is 24.8 Å². The van der Waals surface area contributed by atoms with Gasteiger partial charge in [-0.1, -0.05) is 6.07 Å². The van der Waals surface area contributed by atoms with E-state index in [1.165, 1.54) is 16.4 Å². The van der Waals surface area contributed by atoms with Crippen LogP contribution in [0.5, 0.6) is 0 Å². The molecule has 0 spiro atoms. The average Bonchev–Trinajstić information content (AvgIpc) is 3.15. The first-order valence-electron chi connectivity index (χ1n) is 8.63. The van der Waals surface area contributed by atoms with Gasteiger partial charge in [0.15, 0.2) is 0 Å². The lowest BCUT2D eigenvalue weighted by molar-refractivity contribution is 0.0730. The lowest BCUT2D eigenvalue weighted by Gasteiger charge is -2.26. The van der Waals surface area contributed by atoms with Gasteiger partial charge in [0.05, 0.1) is 25.2 Å². The Morgan fingerprint density at radius 3 is 2.48 bits per heavy atom. The molecular formula is C17H21N3O6S3. The Hall–Kier alpha value is -1.99. The molecular weight excluding hydrogens is 438 g/mol. The van der Waals surface area contributed by atoms with Gasteiger partial charge < -0.3 is 10.1 Å². The van der Waals surface area contributed by atoms with Crippen molar-refractivity contribution in [1.29, 1.82) is 0 Å². The smallest absolute Gasteiger partial charge is 0.267 e. The van der Waals surface area contributed by atoms with Crippen LogP contribution in [-0.4, -0.2) is 59.6 Å². The van der Waals surface area contributed by atoms with Crippen LogP contribution >= 0.6 is 11.3 Å². The van der Waals surface area contributed by atoms with Crippen LogP contribution in [0, 0.1) is 6.92 Å². The molecule has 1 aliphatic heterocycles. The van der Waals surface area contributed by atoms with Gasteiger partial charge in [0.25, 0.3) is 5.91 Å². The minimum Gasteiger partial charge on any atom is -0.379 e. The summed E-state index contributed by atoms with van der Waals surface area (Å²) in [5.41, 5.74) is 1.35. The molecule has 1 aromatic carbocycles. The van der Waals surface area contributed by atoms with Crippen molar-refractivity contribution in [1.82, 2.24) is 4.31 Å². The third kappa shape index (κ3) is 5.14. The molecule has 29 heavy (non-hydrogen) atoms. The van der Waals surface area contributed by atoms with E-state index in [-0.39, 0.29) is 22.9 Å². The molecule has 9 nitrogen and oxygen atoms in total. The molecule has 0 unspecified atom stereocenters. The summed E-state index contributed by atoms with van der Waals surface area (Å²) in [6.07, 6.45) is 1.03. The molecule has 2 aromatic rings. The summed E-state index contributed by atoms with van der Waals surface area (Å²) in [5.74, 6) is -0.582. The van der Waals surface area contributed by atoms with E-state index in [0.717, 1.165) is 17.6 Å². The summed E-state index contributed by atoms with van der Waals surface area (Å²) in [6, 6.07) is 6.17. The number of hydrogen-bond donors (Lipinski definition) is 2. The zero-order valence-electron chi connectivity index (χ0n) is 15.8. The first kappa shape index (κ1) is 21.7. The quantitative estimate of drug-likeness (QED) is 0.678. The van der Waals surface area contributed by atoms with E-state index in [9.17, 15) is 21.6 Å². The zero-order chi connectivity index (χ0) is 21.2. The fraction of sp³-hybridized carbons (Fsp3) is 0.353. The maximum atomic E-state index is 12.9. The molecule has 158 valence electrons. The number of nitrogens with zero attached hydrogens (tertiary/aromatic N) is 1. The highest BCUT2D eigenvalue weighted by Gasteiger charge is 2.31. The van der Waals surface area contributed by atoms with Gasteiger partial charge >= 0.3 is 0 Å². The lowest BCUT2D eigenvalue weighted by Crippen LogP contribution is -2.41. The molecule has 1 aromatic heterocycles. The number of sulfonamides is 2. The third-order valence-electron chi connectivity index (χ3n) is 4.21. The summed E-state index contributed by atoms with van der Waals surface area (Å²) in [5, 5.41) is 4.19. The molecule has 0 aliphatic carbocycles. The van der Waals surface area contributed by atoms with E-state index < -0.39 is 26.0 Å². The number of ether oxygens (including phenoxy) is 1. The lowest BCUT2D eigenvalue weighted by atomic mass is 10.2. The number of nitrogens with one attached hydrogen (secondary N) is 2. The number of carbonyl (C=O) groups excluding carboxylic acids is 1. The third-order valence-corrected chi connectivity index (χ3v) is 7.79. The van der Waals surface area contributed by atoms with Gasteiger partial charge in [-0.2, -0.15) is 4.31 Å². The van der Waals surface area contributed by atoms with E-state index in [2.05, 4.69) is 10.0 Å². The average molecular weight is 460 g/mol. The summed E-state index contributed by atoms with van der Waals surface area (Å²) in [6.45, 7) is 2.82. The van der Waals surface area contributed by atoms with Crippen LogP contribution in [0.25, 0.3) is 0 Å². The zero-order valence-corrected chi connectivity index (χ0v) is 18.3. The number of carbonyl (C=O) groups is 1. The van der Waals surface area contributed by atoms with Crippen molar-refractivity contribution >= 4 is 48.7 Å². The normalized spacial score (nSPS) is 15.8. The maximum absolute atomic E-state index is 12.9. The van der Waals surface area contributed by atoms with Gasteiger partial charge in [-0.15, -0.1) is 11.3 Å². The topological polar surface area (TPSA) is 122 Å². The van der Waals surface area contributed by atoms with Crippen molar-refractivity contribution in [2.45, 2.75) is 11.8 Å². The number of anilines is 2. The van der Waals surface area contributed by atoms with Crippen LogP contribution in [0.2, 0.25) is 0 Å². The van der Waals surface area contributed by atoms with E-state index in [1.54, 1.807) is 24.4 Å². The van der Waals surface area contributed by atoms with Gasteiger partial charge in [0.2, 0.25) is 20.0 Å². The highest BCUT2D eigenvalue weighted by Crippen LogP contribution is 2.28. The Morgan fingerprint density at radius 2 is 1.83 bits per heavy atom. The highest BCUT2D eigenvalue weighted by molar-refractivity contribution is 7.92. The van der Waals surface area contributed by atoms with Crippen molar-refractivity contribution < 1.29 is 26.4 Å². The number of hydrogen-bond acceptors (Lipinski definition) is 7. The highest BCUT2D eigenvalue weighted by atomic mass is 32.2. The molecule has 1 amide bonds. The summed E-state index contributed by atoms with van der Waals surface area (Å²) in [4.78, 5) is 12.8. The standard InChI is InChI=1S/C17H21N3O6S3/c1-12-3-4-13(11-14(12)19-28(2,22)23)18-17(21)16-15(5-10-27-16)29(24,25)20-6-8-26-9-7-20/h3-5,10-11,19H,6-9H2,1-2H3,(H,18,21). The van der Waals surface area contributed by atoms with Gasteiger partial charge in [-0.05, 0) is 36.1 Å². The molecule has 1 fully saturated rings. The number of thiophene rings is 1. The number of aryl methyl sites for hydroxylation is 1. The van der Waals surface area contributed by atoms with E-state index in [1.807, 2.05) is 0 Å². The van der Waals surface area contributed by atoms with Crippen molar-refractivity contribution in [2.24, 2.45) is 0 Å². The monoisotopic (exact) mass is 459 g/mol. The number of rotatable bonds is 6. The van der Waals surface area contributed by atoms with E-state index >= 15 is 0 Å². The number of amides is 1. The minimum atomic E-state index is -3.81. The molecule has 3 rings (SSSR count). The second-order valence-corrected chi connectivity index (χ2v) is 11.1. The molecule has 0 bridgehead atoms. The van der Waals surface area contributed by atoms with Crippen LogP contribution in [0.15, 0.2) is 34.5 Å². The molecule has 0 saturated carbocycles. The van der Waals surface area contributed by atoms with Crippen molar-refractivity contribution in [3.05, 3.63) is 40.1 Å². The Labute approximate surface area is 173 Å². The van der Waals surface area contributed by atoms with E-state index in [4.69, 9.17) is 4.74 Å². The minimum absolute atomic E-state index is 0.0523. The summed E-state index contributed by atoms with van der Waals surface area (Å²) in [7, 11) is -7.30. The van der Waals surface area contributed by atoms with E-state index in [0.29, 0.717) is 30.2 Å². The fourth-order valence-corrected chi connectivity index (χ4v) is 6.11. The number of benzene rings is 1. The Morgan fingerprint density at radius 1 is 1.14 bits per heavy atom. The van der Waals surface area contributed by atoms with Crippen molar-refractivity contribution in [2.75, 3.05) is 42.6 Å². The molecule has 2 N–H and O–H groups in total. The van der Waals surface area contributed by atoms with Crippen molar-refractivity contribution in [3.63, 3.8) is 0 Å². The van der Waals surface area contributed by atoms with Gasteiger partial charge in [-0.3, -0.25) is 9.52 Å². The van der Waals surface area contributed by atoms with Crippen LogP contribution in [0.4, 0.5) is 11.4 Å². The molecule has 12 heteroatoms. The molecule has 0 atom stereocenters. The van der Waals surface area contributed by atoms with Gasteiger partial charge in [0, 0.05) is 18.8 Å². The van der Waals surface area contributed by atoms with Gasteiger partial charge in [-0.25, -0.2) is 16.8 Å². The van der Waals surface area contributed by atoms with Crippen LogP contribution in [0.1, 0.15) is 15.2 Å². The molecule has 1 saturated heterocycles. The van der Waals surface area contributed by atoms with Crippen molar-refractivity contribution in [3.8, 4) is 0 Å². The maximum Gasteiger partial charge on any atom is 0.267 e. The molecule has 0 radical (unpaired) electrons. The first-order valence-corrected chi connectivity index (χ1v) is 12.8. The predicted octanol–water partition coefficient (Wildman–Crippen LogP) is 1.70. The Kier molecular flexibility index (Phi) is 6.29. The SMILES string of the molecule is Cc1ccc(NC(=O)c2sccc2S(=O)(=O)N2CCOCC2)cc1NS(C)(=O)=O. The second kappa shape index (κ2) is 8.40. The Balaban J connectivity index is 1.84. The van der Waals surface area contributed by atoms with Gasteiger partial charge in [0.1, 0.15) is 9.77 Å². The largest absolute Gasteiger partial charge is 0.379 e. The second-order valence-electron chi connectivity index (χ2n) is 6.49. The predicted molar refractivity (Wildman–Crippen MR) is 111 cm³/mol. The first-order chi connectivity index (χ1) is 13.6. The van der Waals surface area contributed by atoms with Crippen LogP contribution < -0.4 is 10.0 Å². The Bertz CT molecular complexity index is 1120.